The third-order valence-corrected chi connectivity index (χ3v) is 4.67. The quantitative estimate of drug-likeness (QED) is 0.725. The van der Waals surface area contributed by atoms with Crippen molar-refractivity contribution in [2.75, 3.05) is 0 Å². The topological polar surface area (TPSA) is 43.4 Å². The maximum atomic E-state index is 13.7. The van der Waals surface area contributed by atoms with Crippen LogP contribution in [0.15, 0.2) is 45.8 Å². The summed E-state index contributed by atoms with van der Waals surface area (Å²) in [6, 6.07) is 7.09. The zero-order chi connectivity index (χ0) is 15.6. The van der Waals surface area contributed by atoms with E-state index in [2.05, 4.69) is 15.9 Å². The molecule has 0 unspecified atom stereocenters. The van der Waals surface area contributed by atoms with E-state index in [0.717, 1.165) is 12.1 Å². The summed E-state index contributed by atoms with van der Waals surface area (Å²) < 4.78 is 54.5. The van der Waals surface area contributed by atoms with Gasteiger partial charge in [0.2, 0.25) is 0 Å². The molecule has 0 N–H and O–H groups in total. The van der Waals surface area contributed by atoms with Crippen LogP contribution in [0.2, 0.25) is 0 Å². The number of ether oxygens (including phenoxy) is 1. The van der Waals surface area contributed by atoms with Crippen LogP contribution < -0.4 is 4.74 Å². The summed E-state index contributed by atoms with van der Waals surface area (Å²) in [6.07, 6.45) is 0. The number of rotatable bonds is 4. The first-order valence-corrected chi connectivity index (χ1v) is 8.68. The Morgan fingerprint density at radius 2 is 1.86 bits per heavy atom. The van der Waals surface area contributed by atoms with Gasteiger partial charge in [0.05, 0.1) is 4.90 Å². The maximum absolute atomic E-state index is 13.7. The van der Waals surface area contributed by atoms with Crippen LogP contribution >= 0.6 is 26.6 Å². The Balaban J connectivity index is 2.17. The molecular formula is C13H8BrClF2O3S. The fourth-order valence-electron chi connectivity index (χ4n) is 1.54. The van der Waals surface area contributed by atoms with Crippen molar-refractivity contribution >= 4 is 35.7 Å². The third-order valence-electron chi connectivity index (χ3n) is 2.58. The van der Waals surface area contributed by atoms with Gasteiger partial charge in [-0.05, 0) is 30.3 Å². The van der Waals surface area contributed by atoms with Crippen LogP contribution in [0.5, 0.6) is 5.75 Å². The van der Waals surface area contributed by atoms with Crippen molar-refractivity contribution in [2.24, 2.45) is 0 Å². The first-order valence-electron chi connectivity index (χ1n) is 5.58. The van der Waals surface area contributed by atoms with Crippen LogP contribution in [0.1, 0.15) is 5.56 Å². The molecule has 8 heteroatoms. The van der Waals surface area contributed by atoms with Crippen molar-refractivity contribution < 1.29 is 21.9 Å². The Morgan fingerprint density at radius 3 is 2.43 bits per heavy atom. The van der Waals surface area contributed by atoms with Gasteiger partial charge in [-0.1, -0.05) is 22.0 Å². The molecule has 0 fully saturated rings. The van der Waals surface area contributed by atoms with Gasteiger partial charge in [-0.2, -0.15) is 0 Å². The van der Waals surface area contributed by atoms with E-state index in [-0.39, 0.29) is 17.3 Å². The molecular weight excluding hydrogens is 390 g/mol. The van der Waals surface area contributed by atoms with Crippen LogP contribution in [0.4, 0.5) is 8.78 Å². The smallest absolute Gasteiger partial charge is 0.261 e. The molecule has 21 heavy (non-hydrogen) atoms. The van der Waals surface area contributed by atoms with Crippen LogP contribution in [0.25, 0.3) is 0 Å². The molecule has 0 bridgehead atoms. The lowest BCUT2D eigenvalue weighted by molar-refractivity contribution is 0.289. The summed E-state index contributed by atoms with van der Waals surface area (Å²) in [5.74, 6) is -1.39. The highest BCUT2D eigenvalue weighted by Gasteiger charge is 2.14. The molecule has 2 aromatic rings. The Hall–Kier alpha value is -1.18. The predicted molar refractivity (Wildman–Crippen MR) is 77.9 cm³/mol. The first-order chi connectivity index (χ1) is 9.77. The van der Waals surface area contributed by atoms with Gasteiger partial charge in [0.1, 0.15) is 12.4 Å². The summed E-state index contributed by atoms with van der Waals surface area (Å²) in [4.78, 5) is -0.350. The lowest BCUT2D eigenvalue weighted by Gasteiger charge is -2.09. The highest BCUT2D eigenvalue weighted by Crippen LogP contribution is 2.25. The molecule has 2 aromatic carbocycles. The minimum Gasteiger partial charge on any atom is -0.486 e. The minimum absolute atomic E-state index is 0.00917. The zero-order valence-electron chi connectivity index (χ0n) is 10.3. The standard InChI is InChI=1S/C13H8BrClF2O3S/c14-11-5-9(16)2-1-8(11)7-20-13-4-3-10(6-12(13)17)21(15,18)19/h1-6H,7H2. The van der Waals surface area contributed by atoms with E-state index in [9.17, 15) is 17.2 Å². The van der Waals surface area contributed by atoms with Crippen molar-refractivity contribution in [1.82, 2.24) is 0 Å². The fraction of sp³-hybridized carbons (Fsp3) is 0.0769. The molecule has 0 amide bonds. The molecule has 0 radical (unpaired) electrons. The second-order valence-electron chi connectivity index (χ2n) is 4.05. The van der Waals surface area contributed by atoms with E-state index >= 15 is 0 Å². The van der Waals surface area contributed by atoms with E-state index in [4.69, 9.17) is 15.4 Å². The second-order valence-corrected chi connectivity index (χ2v) is 7.47. The van der Waals surface area contributed by atoms with Crippen LogP contribution in [0, 0.1) is 11.6 Å². The molecule has 0 aliphatic rings. The summed E-state index contributed by atoms with van der Waals surface area (Å²) in [5.41, 5.74) is 0.616. The monoisotopic (exact) mass is 396 g/mol. The molecule has 0 saturated heterocycles. The van der Waals surface area contributed by atoms with Crippen molar-refractivity contribution in [3.8, 4) is 5.75 Å². The van der Waals surface area contributed by atoms with Gasteiger partial charge in [-0.15, -0.1) is 0 Å². The van der Waals surface area contributed by atoms with Gasteiger partial charge < -0.3 is 4.74 Å². The molecule has 112 valence electrons. The fourth-order valence-corrected chi connectivity index (χ4v) is 2.77. The number of halogens is 4. The first kappa shape index (κ1) is 16.2. The SMILES string of the molecule is O=S(=O)(Cl)c1ccc(OCc2ccc(F)cc2Br)c(F)c1. The van der Waals surface area contributed by atoms with Crippen molar-refractivity contribution in [2.45, 2.75) is 11.5 Å². The van der Waals surface area contributed by atoms with Gasteiger partial charge in [0, 0.05) is 20.7 Å². The zero-order valence-corrected chi connectivity index (χ0v) is 13.5. The van der Waals surface area contributed by atoms with Crippen molar-refractivity contribution in [3.63, 3.8) is 0 Å². The molecule has 0 spiro atoms. The van der Waals surface area contributed by atoms with Crippen molar-refractivity contribution in [1.29, 1.82) is 0 Å². The Bertz CT molecular complexity index is 781. The highest BCUT2D eigenvalue weighted by molar-refractivity contribution is 9.10. The normalized spacial score (nSPS) is 11.4. The molecule has 0 atom stereocenters. The minimum atomic E-state index is -3.99. The van der Waals surface area contributed by atoms with E-state index in [0.29, 0.717) is 10.0 Å². The molecule has 0 aromatic heterocycles. The molecule has 2 rings (SSSR count). The van der Waals surface area contributed by atoms with E-state index in [1.807, 2.05) is 0 Å². The molecule has 0 saturated carbocycles. The van der Waals surface area contributed by atoms with Gasteiger partial charge in [-0.25, -0.2) is 17.2 Å². The Morgan fingerprint density at radius 1 is 1.14 bits per heavy atom. The number of hydrogen-bond donors (Lipinski definition) is 0. The summed E-state index contributed by atoms with van der Waals surface area (Å²) in [6.45, 7) is -0.00917. The summed E-state index contributed by atoms with van der Waals surface area (Å²) in [7, 11) is 1.12. The van der Waals surface area contributed by atoms with Gasteiger partial charge in [0.25, 0.3) is 9.05 Å². The lowest BCUT2D eigenvalue weighted by Crippen LogP contribution is -2.00. The summed E-state index contributed by atoms with van der Waals surface area (Å²) in [5, 5.41) is 0. The van der Waals surface area contributed by atoms with Crippen LogP contribution in [-0.2, 0) is 15.7 Å². The Kier molecular flexibility index (Phi) is 4.85. The molecule has 0 aliphatic heterocycles. The second kappa shape index (κ2) is 6.29. The predicted octanol–water partition coefficient (Wildman–Crippen LogP) is 4.23. The average Bonchev–Trinajstić information content (AvgIpc) is 2.38. The largest absolute Gasteiger partial charge is 0.486 e. The number of benzene rings is 2. The van der Waals surface area contributed by atoms with Gasteiger partial charge >= 0.3 is 0 Å². The highest BCUT2D eigenvalue weighted by atomic mass is 79.9. The average molecular weight is 398 g/mol. The number of hydrogen-bond acceptors (Lipinski definition) is 3. The lowest BCUT2D eigenvalue weighted by atomic mass is 10.2. The van der Waals surface area contributed by atoms with Crippen molar-refractivity contribution in [3.05, 3.63) is 58.1 Å². The van der Waals surface area contributed by atoms with Crippen LogP contribution in [-0.4, -0.2) is 8.42 Å². The Labute approximate surface area is 133 Å². The summed E-state index contributed by atoms with van der Waals surface area (Å²) >= 11 is 3.17. The molecule has 3 nitrogen and oxygen atoms in total. The van der Waals surface area contributed by atoms with E-state index < -0.39 is 20.7 Å². The van der Waals surface area contributed by atoms with Gasteiger partial charge in [0.15, 0.2) is 11.6 Å². The third kappa shape index (κ3) is 4.15. The van der Waals surface area contributed by atoms with E-state index in [1.54, 1.807) is 0 Å². The maximum Gasteiger partial charge on any atom is 0.261 e. The van der Waals surface area contributed by atoms with Crippen LogP contribution in [0.3, 0.4) is 0 Å². The molecule has 0 aliphatic carbocycles. The molecule has 0 heterocycles. The van der Waals surface area contributed by atoms with Gasteiger partial charge in [-0.3, -0.25) is 0 Å². The van der Waals surface area contributed by atoms with E-state index in [1.165, 1.54) is 24.3 Å².